The Balaban J connectivity index is 1.44. The van der Waals surface area contributed by atoms with Crippen LogP contribution >= 0.6 is 11.8 Å². The predicted octanol–water partition coefficient (Wildman–Crippen LogP) is 3.80. The van der Waals surface area contributed by atoms with Crippen molar-refractivity contribution in [3.05, 3.63) is 71.0 Å². The third kappa shape index (κ3) is 3.90. The molecule has 1 aromatic heterocycles. The van der Waals surface area contributed by atoms with Crippen LogP contribution in [0.4, 0.5) is 0 Å². The summed E-state index contributed by atoms with van der Waals surface area (Å²) in [5.41, 5.74) is 3.05. The topological polar surface area (TPSA) is 57.0 Å². The molecule has 0 fully saturated rings. The van der Waals surface area contributed by atoms with Crippen molar-refractivity contribution >= 4 is 17.5 Å². The van der Waals surface area contributed by atoms with Crippen LogP contribution in [0.2, 0.25) is 0 Å². The molecule has 5 nitrogen and oxygen atoms in total. The van der Waals surface area contributed by atoms with Crippen LogP contribution in [0.3, 0.4) is 0 Å². The largest absolute Gasteiger partial charge is 0.493 e. The number of carbonyl (C=O) groups excluding carboxylic acids is 1. The summed E-state index contributed by atoms with van der Waals surface area (Å²) in [5.74, 6) is 2.28. The van der Waals surface area contributed by atoms with Gasteiger partial charge in [0.25, 0.3) is 0 Å². The average molecular weight is 379 g/mol. The van der Waals surface area contributed by atoms with E-state index in [0.717, 1.165) is 47.2 Å². The van der Waals surface area contributed by atoms with Gasteiger partial charge in [0.05, 0.1) is 12.4 Å². The SMILES string of the molecule is CCn1c(Cc2ccccc2)nnc1SCC(=O)c1ccc2c(c1)CCO2. The maximum Gasteiger partial charge on any atom is 0.191 e. The molecule has 0 saturated carbocycles. The molecule has 138 valence electrons. The van der Waals surface area contributed by atoms with Crippen molar-refractivity contribution in [2.75, 3.05) is 12.4 Å². The molecule has 2 heterocycles. The predicted molar refractivity (Wildman–Crippen MR) is 106 cm³/mol. The monoisotopic (exact) mass is 379 g/mol. The molecule has 27 heavy (non-hydrogen) atoms. The highest BCUT2D eigenvalue weighted by atomic mass is 32.2. The Morgan fingerprint density at radius 2 is 2.04 bits per heavy atom. The van der Waals surface area contributed by atoms with Gasteiger partial charge in [0, 0.05) is 24.9 Å². The summed E-state index contributed by atoms with van der Waals surface area (Å²) < 4.78 is 7.59. The number of hydrogen-bond donors (Lipinski definition) is 0. The molecule has 0 amide bonds. The molecular weight excluding hydrogens is 358 g/mol. The molecule has 3 aromatic rings. The minimum Gasteiger partial charge on any atom is -0.493 e. The van der Waals surface area contributed by atoms with Crippen molar-refractivity contribution in [2.45, 2.75) is 31.5 Å². The van der Waals surface area contributed by atoms with Crippen LogP contribution in [0.25, 0.3) is 0 Å². The first kappa shape index (κ1) is 17.8. The molecule has 0 spiro atoms. The molecule has 0 bridgehead atoms. The highest BCUT2D eigenvalue weighted by Gasteiger charge is 2.17. The molecule has 0 N–H and O–H groups in total. The van der Waals surface area contributed by atoms with E-state index < -0.39 is 0 Å². The van der Waals surface area contributed by atoms with Crippen LogP contribution in [0.15, 0.2) is 53.7 Å². The van der Waals surface area contributed by atoms with E-state index >= 15 is 0 Å². The summed E-state index contributed by atoms with van der Waals surface area (Å²) in [6.07, 6.45) is 1.61. The molecule has 2 aromatic carbocycles. The molecule has 0 aliphatic carbocycles. The van der Waals surface area contributed by atoms with Gasteiger partial charge in [-0.25, -0.2) is 0 Å². The quantitative estimate of drug-likeness (QED) is 0.462. The van der Waals surface area contributed by atoms with E-state index in [-0.39, 0.29) is 5.78 Å². The summed E-state index contributed by atoms with van der Waals surface area (Å²) >= 11 is 1.45. The maximum absolute atomic E-state index is 12.6. The number of ketones is 1. The van der Waals surface area contributed by atoms with Gasteiger partial charge in [-0.15, -0.1) is 10.2 Å². The third-order valence-corrected chi connectivity index (χ3v) is 5.63. The second kappa shape index (κ2) is 7.96. The molecule has 0 unspecified atom stereocenters. The van der Waals surface area contributed by atoms with Gasteiger partial charge in [-0.1, -0.05) is 42.1 Å². The maximum atomic E-state index is 12.6. The van der Waals surface area contributed by atoms with Gasteiger partial charge in [0.1, 0.15) is 11.6 Å². The molecular formula is C21H21N3O2S. The fraction of sp³-hybridized carbons (Fsp3) is 0.286. The first-order valence-electron chi connectivity index (χ1n) is 9.12. The number of rotatable bonds is 7. The highest BCUT2D eigenvalue weighted by Crippen LogP contribution is 2.27. The number of aromatic nitrogens is 3. The Labute approximate surface area is 162 Å². The van der Waals surface area contributed by atoms with Crippen molar-refractivity contribution < 1.29 is 9.53 Å². The van der Waals surface area contributed by atoms with Crippen LogP contribution in [-0.2, 0) is 19.4 Å². The van der Waals surface area contributed by atoms with Gasteiger partial charge in [-0.05, 0) is 36.2 Å². The van der Waals surface area contributed by atoms with E-state index in [1.165, 1.54) is 17.3 Å². The van der Waals surface area contributed by atoms with Crippen LogP contribution in [0.1, 0.15) is 34.2 Å². The zero-order valence-electron chi connectivity index (χ0n) is 15.2. The van der Waals surface area contributed by atoms with Gasteiger partial charge in [-0.3, -0.25) is 4.79 Å². The third-order valence-electron chi connectivity index (χ3n) is 4.66. The molecule has 0 atom stereocenters. The second-order valence-corrected chi connectivity index (χ2v) is 7.38. The molecule has 1 aliphatic rings. The smallest absolute Gasteiger partial charge is 0.191 e. The molecule has 1 aliphatic heterocycles. The number of fused-ring (bicyclic) bond motifs is 1. The number of nitrogens with zero attached hydrogens (tertiary/aromatic N) is 3. The second-order valence-electron chi connectivity index (χ2n) is 6.44. The Morgan fingerprint density at radius 1 is 1.19 bits per heavy atom. The zero-order valence-corrected chi connectivity index (χ0v) is 16.0. The van der Waals surface area contributed by atoms with Crippen molar-refractivity contribution in [1.82, 2.24) is 14.8 Å². The highest BCUT2D eigenvalue weighted by molar-refractivity contribution is 7.99. The number of benzene rings is 2. The Kier molecular flexibility index (Phi) is 5.25. The number of Topliss-reactive ketones (excluding diaryl/α,β-unsaturated/α-hetero) is 1. The van der Waals surface area contributed by atoms with E-state index in [2.05, 4.69) is 33.8 Å². The number of hydrogen-bond acceptors (Lipinski definition) is 5. The number of thioether (sulfide) groups is 1. The molecule has 0 saturated heterocycles. The minimum atomic E-state index is 0.102. The standard InChI is InChI=1S/C21H21N3O2S/c1-2-24-20(12-15-6-4-3-5-7-15)22-23-21(24)27-14-18(25)16-8-9-19-17(13-16)10-11-26-19/h3-9,13H,2,10-12,14H2,1H3. The minimum absolute atomic E-state index is 0.102. The van der Waals surface area contributed by atoms with Gasteiger partial charge in [-0.2, -0.15) is 0 Å². The lowest BCUT2D eigenvalue weighted by Gasteiger charge is -2.07. The van der Waals surface area contributed by atoms with Crippen molar-refractivity contribution in [3.63, 3.8) is 0 Å². The van der Waals surface area contributed by atoms with Crippen LogP contribution in [0.5, 0.6) is 5.75 Å². The fourth-order valence-corrected chi connectivity index (χ4v) is 4.14. The average Bonchev–Trinajstić information content (AvgIpc) is 3.32. The lowest BCUT2D eigenvalue weighted by molar-refractivity contribution is 0.102. The lowest BCUT2D eigenvalue weighted by atomic mass is 10.1. The molecule has 4 rings (SSSR count). The van der Waals surface area contributed by atoms with Crippen molar-refractivity contribution in [2.24, 2.45) is 0 Å². The first-order chi connectivity index (χ1) is 13.2. The molecule has 6 heteroatoms. The van der Waals surface area contributed by atoms with Gasteiger partial charge >= 0.3 is 0 Å². The van der Waals surface area contributed by atoms with E-state index in [1.54, 1.807) is 0 Å². The van der Waals surface area contributed by atoms with Crippen LogP contribution in [0, 0.1) is 0 Å². The van der Waals surface area contributed by atoms with Crippen molar-refractivity contribution in [3.8, 4) is 5.75 Å². The molecule has 0 radical (unpaired) electrons. The number of ether oxygens (including phenoxy) is 1. The lowest BCUT2D eigenvalue weighted by Crippen LogP contribution is -2.07. The fourth-order valence-electron chi connectivity index (χ4n) is 3.23. The van der Waals surface area contributed by atoms with Crippen molar-refractivity contribution in [1.29, 1.82) is 0 Å². The summed E-state index contributed by atoms with van der Waals surface area (Å²) in [7, 11) is 0. The van der Waals surface area contributed by atoms with Gasteiger partial charge in [0.15, 0.2) is 10.9 Å². The summed E-state index contributed by atoms with van der Waals surface area (Å²) in [4.78, 5) is 12.6. The normalized spacial score (nSPS) is 12.6. The summed E-state index contributed by atoms with van der Waals surface area (Å²) in [6, 6.07) is 15.9. The van der Waals surface area contributed by atoms with E-state index in [1.807, 2.05) is 36.4 Å². The number of carbonyl (C=O) groups is 1. The van der Waals surface area contributed by atoms with Crippen LogP contribution in [-0.4, -0.2) is 32.9 Å². The van der Waals surface area contributed by atoms with Crippen LogP contribution < -0.4 is 4.74 Å². The summed E-state index contributed by atoms with van der Waals surface area (Å²) in [5, 5.41) is 9.45. The van der Waals surface area contributed by atoms with E-state index in [9.17, 15) is 4.79 Å². The van der Waals surface area contributed by atoms with Gasteiger partial charge < -0.3 is 9.30 Å². The Morgan fingerprint density at radius 3 is 2.85 bits per heavy atom. The zero-order chi connectivity index (χ0) is 18.6. The Hall–Kier alpha value is -2.60. The Bertz CT molecular complexity index is 953. The van der Waals surface area contributed by atoms with Gasteiger partial charge in [0.2, 0.25) is 0 Å². The van der Waals surface area contributed by atoms with E-state index in [4.69, 9.17) is 4.74 Å². The first-order valence-corrected chi connectivity index (χ1v) is 10.1. The van der Waals surface area contributed by atoms with E-state index in [0.29, 0.717) is 12.4 Å². The summed E-state index contributed by atoms with van der Waals surface area (Å²) in [6.45, 7) is 3.55.